The maximum absolute atomic E-state index is 11.1. The molecule has 3 rings (SSSR count). The molecule has 5 heteroatoms. The van der Waals surface area contributed by atoms with Crippen molar-refractivity contribution in [3.63, 3.8) is 0 Å². The highest BCUT2D eigenvalue weighted by atomic mass is 16.4. The number of aliphatic carboxylic acids is 1. The van der Waals surface area contributed by atoms with Gasteiger partial charge in [-0.2, -0.15) is 0 Å². The van der Waals surface area contributed by atoms with Crippen molar-refractivity contribution < 1.29 is 15.0 Å². The first-order valence-corrected chi connectivity index (χ1v) is 6.28. The summed E-state index contributed by atoms with van der Waals surface area (Å²) in [7, 11) is 0. The van der Waals surface area contributed by atoms with E-state index in [0.29, 0.717) is 11.8 Å². The summed E-state index contributed by atoms with van der Waals surface area (Å²) in [6.45, 7) is 0.631. The van der Waals surface area contributed by atoms with Crippen molar-refractivity contribution in [3.05, 3.63) is 58.7 Å². The molecular weight excluding hydrogens is 256 g/mol. The molecule has 0 radical (unpaired) electrons. The van der Waals surface area contributed by atoms with E-state index >= 15 is 0 Å². The monoisotopic (exact) mass is 270 g/mol. The van der Waals surface area contributed by atoms with Crippen molar-refractivity contribution in [1.82, 2.24) is 9.88 Å². The quantitative estimate of drug-likeness (QED) is 0.734. The number of aliphatic hydroxyl groups excluding tert-OH is 1. The third kappa shape index (κ3) is 2.14. The van der Waals surface area contributed by atoms with Crippen LogP contribution in [0.3, 0.4) is 0 Å². The number of rotatable bonds is 3. The molecule has 1 atom stereocenters. The predicted octanol–water partition coefficient (Wildman–Crippen LogP) is -0.00300. The van der Waals surface area contributed by atoms with Crippen molar-refractivity contribution >= 4 is 17.9 Å². The van der Waals surface area contributed by atoms with Crippen LogP contribution in [0.2, 0.25) is 0 Å². The molecule has 2 heterocycles. The van der Waals surface area contributed by atoms with Crippen molar-refractivity contribution in [2.24, 2.45) is 0 Å². The minimum absolute atomic E-state index is 0.0956. The summed E-state index contributed by atoms with van der Waals surface area (Å²) in [6, 6.07) is 10.7. The molecule has 3 N–H and O–H groups in total. The van der Waals surface area contributed by atoms with Gasteiger partial charge in [0.2, 0.25) is 0 Å². The second kappa shape index (κ2) is 4.77. The molecule has 0 fully saturated rings. The molecule has 1 aliphatic rings. The van der Waals surface area contributed by atoms with Gasteiger partial charge in [-0.1, -0.05) is 30.3 Å². The second-order valence-corrected chi connectivity index (χ2v) is 4.70. The van der Waals surface area contributed by atoms with Crippen LogP contribution in [-0.2, 0) is 11.3 Å². The molecule has 0 saturated heterocycles. The Morgan fingerprint density at radius 3 is 2.70 bits per heavy atom. The fraction of sp³-hybridized carbons (Fsp3) is 0.133. The van der Waals surface area contributed by atoms with Crippen LogP contribution in [0, 0.1) is 0 Å². The van der Waals surface area contributed by atoms with Crippen LogP contribution in [0.5, 0.6) is 0 Å². The lowest BCUT2D eigenvalue weighted by molar-refractivity contribution is -0.137. The number of carboxylic acid groups (broad SMARTS) is 1. The number of carbonyl (C=O) groups is 1. The van der Waals surface area contributed by atoms with Gasteiger partial charge in [-0.15, -0.1) is 0 Å². The SMILES string of the molecule is O=C(O)[C@H]1C=c2c(ccn2Cc2ccccc2)=C(O)N1. The van der Waals surface area contributed by atoms with Crippen LogP contribution in [0.1, 0.15) is 5.56 Å². The van der Waals surface area contributed by atoms with Gasteiger partial charge >= 0.3 is 5.97 Å². The van der Waals surface area contributed by atoms with E-state index in [1.54, 1.807) is 12.1 Å². The number of aliphatic hydroxyl groups is 1. The average Bonchev–Trinajstić information content (AvgIpc) is 2.84. The van der Waals surface area contributed by atoms with E-state index in [9.17, 15) is 9.90 Å². The van der Waals surface area contributed by atoms with E-state index in [1.165, 1.54) is 0 Å². The van der Waals surface area contributed by atoms with Crippen LogP contribution < -0.4 is 15.9 Å². The first-order chi connectivity index (χ1) is 9.65. The lowest BCUT2D eigenvalue weighted by Gasteiger charge is -2.15. The number of hydrogen-bond donors (Lipinski definition) is 3. The molecule has 0 spiro atoms. The van der Waals surface area contributed by atoms with E-state index in [2.05, 4.69) is 5.32 Å². The second-order valence-electron chi connectivity index (χ2n) is 4.70. The summed E-state index contributed by atoms with van der Waals surface area (Å²) >= 11 is 0. The Morgan fingerprint density at radius 1 is 1.25 bits per heavy atom. The zero-order valence-corrected chi connectivity index (χ0v) is 10.7. The van der Waals surface area contributed by atoms with Crippen LogP contribution in [-0.4, -0.2) is 26.8 Å². The van der Waals surface area contributed by atoms with Crippen molar-refractivity contribution in [3.8, 4) is 0 Å². The zero-order chi connectivity index (χ0) is 14.1. The molecule has 2 aromatic rings. The Balaban J connectivity index is 2.06. The van der Waals surface area contributed by atoms with Crippen molar-refractivity contribution in [2.45, 2.75) is 12.6 Å². The Kier molecular flexibility index (Phi) is 2.95. The maximum atomic E-state index is 11.1. The Morgan fingerprint density at radius 2 is 2.00 bits per heavy atom. The number of aromatic nitrogens is 1. The molecule has 1 aliphatic heterocycles. The lowest BCUT2D eigenvalue weighted by Crippen LogP contribution is -2.47. The van der Waals surface area contributed by atoms with E-state index in [0.717, 1.165) is 10.9 Å². The summed E-state index contributed by atoms with van der Waals surface area (Å²) in [5.74, 6) is -1.11. The first-order valence-electron chi connectivity index (χ1n) is 6.28. The standard InChI is InChI=1S/C15H14N2O3/c18-14-11-6-7-17(9-10-4-2-1-3-5-10)13(11)8-12(16-14)15(19)20/h1-8,12,16,18H,9H2,(H,19,20)/t12-/m1/s1. The van der Waals surface area contributed by atoms with Gasteiger partial charge in [0.05, 0.1) is 10.6 Å². The molecule has 1 aromatic heterocycles. The smallest absolute Gasteiger partial charge is 0.330 e. The minimum Gasteiger partial charge on any atom is -0.494 e. The van der Waals surface area contributed by atoms with Crippen LogP contribution in [0.4, 0.5) is 0 Å². The number of fused-ring (bicyclic) bond motifs is 1. The van der Waals surface area contributed by atoms with Gasteiger partial charge in [0, 0.05) is 12.7 Å². The van der Waals surface area contributed by atoms with Crippen molar-refractivity contribution in [2.75, 3.05) is 0 Å². The van der Waals surface area contributed by atoms with Crippen LogP contribution >= 0.6 is 0 Å². The lowest BCUT2D eigenvalue weighted by atomic mass is 10.2. The van der Waals surface area contributed by atoms with Gasteiger partial charge in [-0.3, -0.25) is 0 Å². The van der Waals surface area contributed by atoms with Gasteiger partial charge < -0.3 is 20.1 Å². The molecule has 0 aliphatic carbocycles. The van der Waals surface area contributed by atoms with E-state index in [4.69, 9.17) is 5.11 Å². The summed E-state index contributed by atoms with van der Waals surface area (Å²) in [5.41, 5.74) is 1.11. The summed E-state index contributed by atoms with van der Waals surface area (Å²) in [5, 5.41) is 22.8. The molecule has 0 saturated carbocycles. The molecule has 102 valence electrons. The highest BCUT2D eigenvalue weighted by molar-refractivity contribution is 5.82. The molecule has 0 unspecified atom stereocenters. The average molecular weight is 270 g/mol. The third-order valence-electron chi connectivity index (χ3n) is 3.34. The Bertz CT molecular complexity index is 762. The number of nitrogens with one attached hydrogen (secondary N) is 1. The molecule has 20 heavy (non-hydrogen) atoms. The van der Waals surface area contributed by atoms with Crippen molar-refractivity contribution in [1.29, 1.82) is 0 Å². The predicted molar refractivity (Wildman–Crippen MR) is 74.3 cm³/mol. The first kappa shape index (κ1) is 12.3. The Hall–Kier alpha value is -2.69. The summed E-state index contributed by atoms with van der Waals surface area (Å²) in [4.78, 5) is 11.1. The van der Waals surface area contributed by atoms with Gasteiger partial charge in [0.25, 0.3) is 0 Å². The minimum atomic E-state index is -1.02. The topological polar surface area (TPSA) is 74.5 Å². The van der Waals surface area contributed by atoms with Gasteiger partial charge in [-0.25, -0.2) is 4.79 Å². The van der Waals surface area contributed by atoms with E-state index in [1.807, 2.05) is 41.1 Å². The summed E-state index contributed by atoms with van der Waals surface area (Å²) in [6.07, 6.45) is 3.45. The zero-order valence-electron chi connectivity index (χ0n) is 10.7. The highest BCUT2D eigenvalue weighted by Gasteiger charge is 2.20. The molecule has 5 nitrogen and oxygen atoms in total. The fourth-order valence-corrected chi connectivity index (χ4v) is 2.35. The van der Waals surface area contributed by atoms with Gasteiger partial charge in [0.15, 0.2) is 5.88 Å². The van der Waals surface area contributed by atoms with Gasteiger partial charge in [0.1, 0.15) is 6.04 Å². The number of benzene rings is 1. The summed E-state index contributed by atoms with van der Waals surface area (Å²) < 4.78 is 1.93. The molecule has 0 bridgehead atoms. The number of hydrogen-bond acceptors (Lipinski definition) is 3. The normalized spacial score (nSPS) is 17.0. The highest BCUT2D eigenvalue weighted by Crippen LogP contribution is 2.01. The number of nitrogens with zero attached hydrogens (tertiary/aromatic N) is 1. The van der Waals surface area contributed by atoms with Crippen LogP contribution in [0.15, 0.2) is 42.6 Å². The molecule has 1 aromatic carbocycles. The maximum Gasteiger partial charge on any atom is 0.330 e. The molecular formula is C15H14N2O3. The largest absolute Gasteiger partial charge is 0.494 e. The molecule has 0 amide bonds. The van der Waals surface area contributed by atoms with E-state index in [-0.39, 0.29) is 5.88 Å². The van der Waals surface area contributed by atoms with Gasteiger partial charge in [-0.05, 0) is 17.7 Å². The third-order valence-corrected chi connectivity index (χ3v) is 3.34. The fourth-order valence-electron chi connectivity index (χ4n) is 2.35. The number of carboxylic acids is 1. The van der Waals surface area contributed by atoms with E-state index < -0.39 is 12.0 Å². The van der Waals surface area contributed by atoms with Crippen LogP contribution in [0.25, 0.3) is 12.0 Å². The Labute approximate surface area is 115 Å².